The van der Waals surface area contributed by atoms with Crippen LogP contribution in [0.5, 0.6) is 5.75 Å². The molecule has 3 heterocycles. The van der Waals surface area contributed by atoms with Crippen LogP contribution in [0.25, 0.3) is 10.9 Å². The molecule has 0 unspecified atom stereocenters. The van der Waals surface area contributed by atoms with Crippen LogP contribution in [0, 0.1) is 10.8 Å². The number of methoxy groups -OCH3 is 1. The number of ether oxygens (including phenoxy) is 2. The molecule has 5 rings (SSSR count). The minimum Gasteiger partial charge on any atom is -0.497 e. The number of hydrazine groups is 1. The number of rotatable bonds is 3. The van der Waals surface area contributed by atoms with Gasteiger partial charge in [0.1, 0.15) is 5.75 Å². The summed E-state index contributed by atoms with van der Waals surface area (Å²) in [5.74, 6) is 0.931. The van der Waals surface area contributed by atoms with E-state index in [4.69, 9.17) is 14.5 Å². The van der Waals surface area contributed by atoms with Crippen molar-refractivity contribution in [3.8, 4) is 5.75 Å². The molecule has 7 nitrogen and oxygen atoms in total. The van der Waals surface area contributed by atoms with Crippen LogP contribution in [0.2, 0.25) is 0 Å². The predicted octanol–water partition coefficient (Wildman–Crippen LogP) is 2.76. The Balaban J connectivity index is 1.47. The molecule has 1 amide bonds. The van der Waals surface area contributed by atoms with Gasteiger partial charge in [0, 0.05) is 23.4 Å². The molecule has 2 fully saturated rings. The molecular formula is C22H25N3O4. The number of carbonyl (C=O) groups excluding carboxylic acids is 2. The summed E-state index contributed by atoms with van der Waals surface area (Å²) in [6, 6.07) is 7.89. The van der Waals surface area contributed by atoms with Crippen molar-refractivity contribution in [2.45, 2.75) is 45.6 Å². The van der Waals surface area contributed by atoms with Crippen molar-refractivity contribution in [1.29, 1.82) is 0 Å². The van der Waals surface area contributed by atoms with Crippen LogP contribution in [0.4, 0.5) is 5.82 Å². The van der Waals surface area contributed by atoms with E-state index in [2.05, 4.69) is 11.5 Å². The zero-order valence-electron chi connectivity index (χ0n) is 17.2. The SMILES string of the molecule is COc1ccc2cc3c(nc2c1)N(NC(=O)[C@@]12CC[C@@](C)(C(=O)O1)C2(C)C)CC3. The van der Waals surface area contributed by atoms with E-state index in [1.54, 1.807) is 12.1 Å². The molecule has 7 heteroatoms. The molecule has 1 saturated heterocycles. The average molecular weight is 395 g/mol. The molecule has 2 bridgehead atoms. The first-order valence-electron chi connectivity index (χ1n) is 10.0. The van der Waals surface area contributed by atoms with Gasteiger partial charge in [0.25, 0.3) is 5.91 Å². The van der Waals surface area contributed by atoms with Gasteiger partial charge >= 0.3 is 5.97 Å². The molecule has 1 N–H and O–H groups in total. The molecule has 2 atom stereocenters. The van der Waals surface area contributed by atoms with Gasteiger partial charge in [0.05, 0.1) is 18.0 Å². The first-order chi connectivity index (χ1) is 13.7. The number of nitrogens with one attached hydrogen (secondary N) is 1. The molecule has 1 aromatic heterocycles. The Morgan fingerprint density at radius 3 is 2.69 bits per heavy atom. The van der Waals surface area contributed by atoms with Gasteiger partial charge in [0.15, 0.2) is 11.4 Å². The van der Waals surface area contributed by atoms with Gasteiger partial charge in [-0.2, -0.15) is 0 Å². The van der Waals surface area contributed by atoms with E-state index in [-0.39, 0.29) is 11.9 Å². The molecule has 0 radical (unpaired) electrons. The van der Waals surface area contributed by atoms with Gasteiger partial charge in [0.2, 0.25) is 0 Å². The van der Waals surface area contributed by atoms with E-state index in [9.17, 15) is 9.59 Å². The molecule has 2 aromatic rings. The summed E-state index contributed by atoms with van der Waals surface area (Å²) in [5.41, 5.74) is 2.56. The van der Waals surface area contributed by atoms with Crippen molar-refractivity contribution in [1.82, 2.24) is 10.4 Å². The summed E-state index contributed by atoms with van der Waals surface area (Å²) in [4.78, 5) is 30.6. The Kier molecular flexibility index (Phi) is 3.53. The first-order valence-corrected chi connectivity index (χ1v) is 10.0. The maximum absolute atomic E-state index is 13.4. The van der Waals surface area contributed by atoms with Crippen LogP contribution in [0.1, 0.15) is 39.2 Å². The van der Waals surface area contributed by atoms with Crippen LogP contribution in [-0.4, -0.2) is 36.1 Å². The third-order valence-corrected chi connectivity index (χ3v) is 7.63. The highest BCUT2D eigenvalue weighted by atomic mass is 16.6. The number of benzene rings is 1. The fraction of sp³-hybridized carbons (Fsp3) is 0.500. The van der Waals surface area contributed by atoms with E-state index in [1.807, 2.05) is 39.0 Å². The van der Waals surface area contributed by atoms with E-state index in [1.165, 1.54) is 0 Å². The van der Waals surface area contributed by atoms with Crippen LogP contribution >= 0.6 is 0 Å². The van der Waals surface area contributed by atoms with E-state index in [0.29, 0.717) is 19.4 Å². The number of fused-ring (bicyclic) bond motifs is 4. The number of nitrogens with zero attached hydrogens (tertiary/aromatic N) is 2. The quantitative estimate of drug-likeness (QED) is 0.805. The normalized spacial score (nSPS) is 29.1. The van der Waals surface area contributed by atoms with Gasteiger partial charge in [-0.1, -0.05) is 13.8 Å². The second kappa shape index (κ2) is 5.62. The number of hydrogen-bond donors (Lipinski definition) is 1. The topological polar surface area (TPSA) is 80.8 Å². The second-order valence-electron chi connectivity index (χ2n) is 9.05. The van der Waals surface area contributed by atoms with Gasteiger partial charge in [-0.3, -0.25) is 20.0 Å². The summed E-state index contributed by atoms with van der Waals surface area (Å²) in [6.45, 7) is 6.45. The summed E-state index contributed by atoms with van der Waals surface area (Å²) in [7, 11) is 1.63. The maximum atomic E-state index is 13.4. The highest BCUT2D eigenvalue weighted by Crippen LogP contribution is 2.65. The largest absolute Gasteiger partial charge is 0.497 e. The van der Waals surface area contributed by atoms with Crippen molar-refractivity contribution >= 4 is 28.6 Å². The van der Waals surface area contributed by atoms with Gasteiger partial charge in [-0.05, 0) is 49.9 Å². The number of hydrogen-bond acceptors (Lipinski definition) is 6. The molecule has 1 aromatic carbocycles. The number of carbonyl (C=O) groups is 2. The van der Waals surface area contributed by atoms with E-state index in [0.717, 1.165) is 34.5 Å². The zero-order chi connectivity index (χ0) is 20.6. The van der Waals surface area contributed by atoms with Crippen molar-refractivity contribution < 1.29 is 19.1 Å². The Labute approximate surface area is 169 Å². The van der Waals surface area contributed by atoms with E-state index < -0.39 is 16.4 Å². The Hall–Kier alpha value is -2.83. The van der Waals surface area contributed by atoms with Crippen LogP contribution < -0.4 is 15.2 Å². The summed E-state index contributed by atoms with van der Waals surface area (Å²) in [5, 5.41) is 2.82. The molecule has 0 spiro atoms. The summed E-state index contributed by atoms with van der Waals surface area (Å²) >= 11 is 0. The fourth-order valence-electron chi connectivity index (χ4n) is 5.13. The van der Waals surface area contributed by atoms with Crippen molar-refractivity contribution in [2.75, 3.05) is 18.7 Å². The zero-order valence-corrected chi connectivity index (χ0v) is 17.2. The first kappa shape index (κ1) is 18.2. The third-order valence-electron chi connectivity index (χ3n) is 7.63. The number of pyridine rings is 1. The maximum Gasteiger partial charge on any atom is 0.313 e. The lowest BCUT2D eigenvalue weighted by Crippen LogP contribution is -2.57. The minimum atomic E-state index is -1.14. The molecule has 3 aliphatic rings. The summed E-state index contributed by atoms with van der Waals surface area (Å²) < 4.78 is 11.0. The van der Waals surface area contributed by atoms with Crippen molar-refractivity contribution in [3.05, 3.63) is 29.8 Å². The third kappa shape index (κ3) is 2.16. The van der Waals surface area contributed by atoms with Gasteiger partial charge in [-0.25, -0.2) is 4.98 Å². The number of anilines is 1. The Morgan fingerprint density at radius 1 is 1.24 bits per heavy atom. The fourth-order valence-corrected chi connectivity index (χ4v) is 5.13. The second-order valence-corrected chi connectivity index (χ2v) is 9.05. The van der Waals surface area contributed by atoms with E-state index >= 15 is 0 Å². The lowest BCUT2D eigenvalue weighted by Gasteiger charge is -2.36. The summed E-state index contributed by atoms with van der Waals surface area (Å²) in [6.07, 6.45) is 1.99. The van der Waals surface area contributed by atoms with Crippen LogP contribution in [0.3, 0.4) is 0 Å². The van der Waals surface area contributed by atoms with Gasteiger partial charge in [-0.15, -0.1) is 0 Å². The average Bonchev–Trinajstić information content (AvgIpc) is 3.22. The molecule has 1 aliphatic carbocycles. The number of aromatic nitrogens is 1. The molecule has 29 heavy (non-hydrogen) atoms. The van der Waals surface area contributed by atoms with Crippen molar-refractivity contribution in [3.63, 3.8) is 0 Å². The highest BCUT2D eigenvalue weighted by molar-refractivity contribution is 5.97. The number of amides is 1. The van der Waals surface area contributed by atoms with Crippen LogP contribution in [-0.2, 0) is 20.7 Å². The highest BCUT2D eigenvalue weighted by Gasteiger charge is 2.75. The molecule has 2 aliphatic heterocycles. The van der Waals surface area contributed by atoms with Gasteiger partial charge < -0.3 is 9.47 Å². The molecular weight excluding hydrogens is 370 g/mol. The monoisotopic (exact) mass is 395 g/mol. The lowest BCUT2D eigenvalue weighted by molar-refractivity contribution is -0.168. The Bertz CT molecular complexity index is 1070. The predicted molar refractivity (Wildman–Crippen MR) is 107 cm³/mol. The Morgan fingerprint density at radius 2 is 2.03 bits per heavy atom. The molecule has 152 valence electrons. The number of esters is 1. The standard InChI is InChI=1S/C22H25N3O4/c1-20(2)21(3)8-9-22(20,29-19(21)27)18(26)24-25-10-7-14-11-13-5-6-15(28-4)12-16(13)23-17(14)25/h5-6,11-12H,7-10H2,1-4H3,(H,24,26)/t21-,22+/m0/s1. The smallest absolute Gasteiger partial charge is 0.313 e. The lowest BCUT2D eigenvalue weighted by atomic mass is 9.66. The van der Waals surface area contributed by atoms with Crippen LogP contribution in [0.15, 0.2) is 24.3 Å². The minimum absolute atomic E-state index is 0.266. The van der Waals surface area contributed by atoms with Crippen molar-refractivity contribution in [2.24, 2.45) is 10.8 Å². The molecule has 1 saturated carbocycles.